The van der Waals surface area contributed by atoms with Crippen LogP contribution in [0.3, 0.4) is 0 Å². The van der Waals surface area contributed by atoms with Crippen LogP contribution in [0.4, 0.5) is 0 Å². The van der Waals surface area contributed by atoms with Crippen molar-refractivity contribution in [1.82, 2.24) is 5.32 Å². The van der Waals surface area contributed by atoms with Crippen molar-refractivity contribution in [3.05, 3.63) is 47.5 Å². The quantitative estimate of drug-likeness (QED) is 0.611. The van der Waals surface area contributed by atoms with E-state index in [9.17, 15) is 0 Å². The molecule has 0 heterocycles. The van der Waals surface area contributed by atoms with Crippen LogP contribution in [0, 0.1) is 0 Å². The lowest BCUT2D eigenvalue weighted by Gasteiger charge is -2.31. The highest BCUT2D eigenvalue weighted by atomic mass is 14.9. The molecule has 1 aromatic carbocycles. The summed E-state index contributed by atoms with van der Waals surface area (Å²) in [5.74, 6) is 0. The molecule has 0 radical (unpaired) electrons. The fourth-order valence-corrected chi connectivity index (χ4v) is 3.01. The zero-order valence-electron chi connectivity index (χ0n) is 13.5. The Hall–Kier alpha value is -1.08. The third-order valence-electron chi connectivity index (χ3n) is 4.44. The predicted molar refractivity (Wildman–Crippen MR) is 88.4 cm³/mol. The molecule has 0 unspecified atom stereocenters. The molecule has 2 rings (SSSR count). The topological polar surface area (TPSA) is 12.0 Å². The van der Waals surface area contributed by atoms with Crippen LogP contribution in [0.1, 0.15) is 58.1 Å². The van der Waals surface area contributed by atoms with E-state index in [1.807, 2.05) is 0 Å². The molecule has 0 saturated carbocycles. The molecule has 110 valence electrons. The standard InChI is InChI=1S/C19H29N/c1-5-14-20-15-19(12-6-7-13-19)17-10-8-16(9-11-17)18(2,3)4/h6-11,20H,5,12-15H2,1-4H3. The summed E-state index contributed by atoms with van der Waals surface area (Å²) in [6.45, 7) is 11.3. The van der Waals surface area contributed by atoms with Crippen molar-refractivity contribution in [2.24, 2.45) is 0 Å². The highest BCUT2D eigenvalue weighted by Crippen LogP contribution is 2.37. The number of nitrogens with one attached hydrogen (secondary N) is 1. The van der Waals surface area contributed by atoms with E-state index in [-0.39, 0.29) is 10.8 Å². The van der Waals surface area contributed by atoms with Crippen LogP contribution < -0.4 is 5.32 Å². The van der Waals surface area contributed by atoms with Crippen LogP contribution in [0.2, 0.25) is 0 Å². The molecule has 0 saturated heterocycles. The molecule has 1 aromatic rings. The summed E-state index contributed by atoms with van der Waals surface area (Å²) in [5, 5.41) is 3.62. The van der Waals surface area contributed by atoms with E-state index in [0.29, 0.717) is 0 Å². The molecule has 0 atom stereocenters. The highest BCUT2D eigenvalue weighted by molar-refractivity contribution is 5.35. The van der Waals surface area contributed by atoms with Crippen molar-refractivity contribution >= 4 is 0 Å². The zero-order valence-corrected chi connectivity index (χ0v) is 13.5. The molecule has 1 heteroatoms. The predicted octanol–water partition coefficient (Wildman–Crippen LogP) is 4.57. The van der Waals surface area contributed by atoms with E-state index < -0.39 is 0 Å². The molecule has 0 aromatic heterocycles. The molecule has 1 nitrogen and oxygen atoms in total. The first-order chi connectivity index (χ1) is 9.48. The van der Waals surface area contributed by atoms with Gasteiger partial charge in [0.1, 0.15) is 0 Å². The zero-order chi connectivity index (χ0) is 14.6. The van der Waals surface area contributed by atoms with E-state index in [4.69, 9.17) is 0 Å². The SMILES string of the molecule is CCCNCC1(c2ccc(C(C)(C)C)cc2)CC=CC1. The highest BCUT2D eigenvalue weighted by Gasteiger charge is 2.32. The Morgan fingerprint density at radius 1 is 1.05 bits per heavy atom. The average molecular weight is 271 g/mol. The van der Waals surface area contributed by atoms with Crippen molar-refractivity contribution in [2.75, 3.05) is 13.1 Å². The third-order valence-corrected chi connectivity index (χ3v) is 4.44. The number of hydrogen-bond donors (Lipinski definition) is 1. The Kier molecular flexibility index (Phi) is 4.70. The van der Waals surface area contributed by atoms with Crippen LogP contribution in [-0.4, -0.2) is 13.1 Å². The van der Waals surface area contributed by atoms with Gasteiger partial charge in [0.25, 0.3) is 0 Å². The van der Waals surface area contributed by atoms with Crippen molar-refractivity contribution < 1.29 is 0 Å². The van der Waals surface area contributed by atoms with Crippen LogP contribution in [-0.2, 0) is 10.8 Å². The summed E-state index contributed by atoms with van der Waals surface area (Å²) in [5.41, 5.74) is 3.43. The molecule has 1 aliphatic rings. The van der Waals surface area contributed by atoms with Gasteiger partial charge in [-0.05, 0) is 42.3 Å². The van der Waals surface area contributed by atoms with Gasteiger partial charge in [-0.25, -0.2) is 0 Å². The lowest BCUT2D eigenvalue weighted by atomic mass is 9.76. The molecule has 0 amide bonds. The van der Waals surface area contributed by atoms with E-state index in [0.717, 1.165) is 13.1 Å². The summed E-state index contributed by atoms with van der Waals surface area (Å²) in [6.07, 6.45) is 8.21. The largest absolute Gasteiger partial charge is 0.316 e. The van der Waals surface area contributed by atoms with Crippen LogP contribution in [0.5, 0.6) is 0 Å². The van der Waals surface area contributed by atoms with Crippen LogP contribution in [0.15, 0.2) is 36.4 Å². The van der Waals surface area contributed by atoms with E-state index in [1.165, 1.54) is 30.4 Å². The van der Waals surface area contributed by atoms with Gasteiger partial charge in [0.05, 0.1) is 0 Å². The van der Waals surface area contributed by atoms with E-state index in [1.54, 1.807) is 0 Å². The van der Waals surface area contributed by atoms with Gasteiger partial charge in [0, 0.05) is 12.0 Å². The first-order valence-corrected chi connectivity index (χ1v) is 7.95. The first-order valence-electron chi connectivity index (χ1n) is 7.95. The average Bonchev–Trinajstić information content (AvgIpc) is 2.88. The fourth-order valence-electron chi connectivity index (χ4n) is 3.01. The summed E-state index contributed by atoms with van der Waals surface area (Å²) in [4.78, 5) is 0. The molecule has 0 aliphatic heterocycles. The van der Waals surface area contributed by atoms with E-state index in [2.05, 4.69) is 69.4 Å². The number of allylic oxidation sites excluding steroid dienone is 2. The molecular weight excluding hydrogens is 242 g/mol. The maximum absolute atomic E-state index is 3.62. The van der Waals surface area contributed by atoms with Gasteiger partial charge in [-0.1, -0.05) is 64.1 Å². The molecule has 20 heavy (non-hydrogen) atoms. The molecule has 0 fully saturated rings. The number of rotatable bonds is 5. The van der Waals surface area contributed by atoms with Gasteiger partial charge in [-0.3, -0.25) is 0 Å². The van der Waals surface area contributed by atoms with Gasteiger partial charge < -0.3 is 5.32 Å². The minimum Gasteiger partial charge on any atom is -0.316 e. The Morgan fingerprint density at radius 2 is 1.65 bits per heavy atom. The summed E-state index contributed by atoms with van der Waals surface area (Å²) < 4.78 is 0. The monoisotopic (exact) mass is 271 g/mol. The Bertz CT molecular complexity index is 440. The molecule has 0 bridgehead atoms. The Morgan fingerprint density at radius 3 is 2.15 bits per heavy atom. The minimum absolute atomic E-state index is 0.236. The van der Waals surface area contributed by atoms with Crippen LogP contribution in [0.25, 0.3) is 0 Å². The summed E-state index contributed by atoms with van der Waals surface area (Å²) in [7, 11) is 0. The number of benzene rings is 1. The first kappa shape index (κ1) is 15.3. The Labute approximate surface area is 124 Å². The van der Waals surface area contributed by atoms with Gasteiger partial charge >= 0.3 is 0 Å². The van der Waals surface area contributed by atoms with Gasteiger partial charge in [0.15, 0.2) is 0 Å². The van der Waals surface area contributed by atoms with Crippen molar-refractivity contribution in [1.29, 1.82) is 0 Å². The van der Waals surface area contributed by atoms with E-state index >= 15 is 0 Å². The maximum atomic E-state index is 3.62. The van der Waals surface area contributed by atoms with Crippen molar-refractivity contribution in [3.8, 4) is 0 Å². The molecule has 1 N–H and O–H groups in total. The normalized spacial score (nSPS) is 17.6. The fraction of sp³-hybridized carbons (Fsp3) is 0.579. The van der Waals surface area contributed by atoms with Gasteiger partial charge in [-0.15, -0.1) is 0 Å². The second-order valence-corrected chi connectivity index (χ2v) is 7.16. The summed E-state index contributed by atoms with van der Waals surface area (Å²) >= 11 is 0. The lowest BCUT2D eigenvalue weighted by Crippen LogP contribution is -2.36. The smallest absolute Gasteiger partial charge is 0.0146 e. The second-order valence-electron chi connectivity index (χ2n) is 7.16. The third kappa shape index (κ3) is 3.32. The van der Waals surface area contributed by atoms with Crippen LogP contribution >= 0.6 is 0 Å². The maximum Gasteiger partial charge on any atom is 0.0146 e. The van der Waals surface area contributed by atoms with Crippen molar-refractivity contribution in [2.45, 2.75) is 57.8 Å². The Balaban J connectivity index is 2.17. The number of hydrogen-bond acceptors (Lipinski definition) is 1. The summed E-state index contributed by atoms with van der Waals surface area (Å²) in [6, 6.07) is 9.33. The minimum atomic E-state index is 0.236. The molecule has 0 spiro atoms. The molecular formula is C19H29N. The van der Waals surface area contributed by atoms with Crippen molar-refractivity contribution in [3.63, 3.8) is 0 Å². The second kappa shape index (κ2) is 6.13. The van der Waals surface area contributed by atoms with Gasteiger partial charge in [0.2, 0.25) is 0 Å². The van der Waals surface area contributed by atoms with Gasteiger partial charge in [-0.2, -0.15) is 0 Å². The lowest BCUT2D eigenvalue weighted by molar-refractivity contribution is 0.418. The molecule has 1 aliphatic carbocycles.